The van der Waals surface area contributed by atoms with Gasteiger partial charge in [-0.2, -0.15) is 0 Å². The molecule has 0 unspecified atom stereocenters. The van der Waals surface area contributed by atoms with Gasteiger partial charge in [-0.1, -0.05) is 45.6 Å². The number of epoxide rings is 1. The Bertz CT molecular complexity index is 869. The second-order valence-electron chi connectivity index (χ2n) is 10.9. The summed E-state index contributed by atoms with van der Waals surface area (Å²) in [4.78, 5) is 19.1. The molecule has 3 rings (SSSR count). The lowest BCUT2D eigenvalue weighted by molar-refractivity contribution is -0.162. The quantitative estimate of drug-likeness (QED) is 0.110. The Kier molecular flexibility index (Phi) is 8.83. The van der Waals surface area contributed by atoms with Crippen LogP contribution >= 0.6 is 0 Å². The molecule has 1 aromatic rings. The summed E-state index contributed by atoms with van der Waals surface area (Å²) in [6.45, 7) is 15.1. The second-order valence-corrected chi connectivity index (χ2v) is 15.6. The monoisotopic (exact) mass is 507 g/mol. The van der Waals surface area contributed by atoms with Gasteiger partial charge in [0.1, 0.15) is 30.5 Å². The van der Waals surface area contributed by atoms with E-state index in [1.165, 1.54) is 0 Å². The van der Waals surface area contributed by atoms with Gasteiger partial charge in [0.15, 0.2) is 8.32 Å². The van der Waals surface area contributed by atoms with E-state index in [9.17, 15) is 9.90 Å². The number of hydrogen-bond acceptors (Lipinski definition) is 8. The van der Waals surface area contributed by atoms with Gasteiger partial charge in [-0.05, 0) is 48.7 Å². The zero-order chi connectivity index (χ0) is 25.9. The van der Waals surface area contributed by atoms with E-state index in [1.54, 1.807) is 13.2 Å². The van der Waals surface area contributed by atoms with Crippen LogP contribution in [0.3, 0.4) is 0 Å². The van der Waals surface area contributed by atoms with Crippen LogP contribution in [0.25, 0.3) is 0 Å². The summed E-state index contributed by atoms with van der Waals surface area (Å²) < 4.78 is 23.7. The molecule has 0 amide bonds. The summed E-state index contributed by atoms with van der Waals surface area (Å²) in [5, 5.41) is 10.3. The minimum Gasteiger partial charge on any atom is -0.497 e. The number of aliphatic hydroxyl groups is 1. The van der Waals surface area contributed by atoms with Gasteiger partial charge in [0.05, 0.1) is 25.4 Å². The fourth-order valence-electron chi connectivity index (χ4n) is 4.37. The predicted octanol–water partition coefficient (Wildman–Crippen LogP) is 3.74. The Morgan fingerprint density at radius 3 is 2.63 bits per heavy atom. The van der Waals surface area contributed by atoms with Crippen LogP contribution in [0.1, 0.15) is 39.2 Å². The van der Waals surface area contributed by atoms with Crippen LogP contribution in [-0.2, 0) is 30.1 Å². The van der Waals surface area contributed by atoms with E-state index in [2.05, 4.69) is 45.9 Å². The van der Waals surface area contributed by atoms with Crippen LogP contribution < -0.4 is 10.2 Å². The fourth-order valence-corrected chi connectivity index (χ4v) is 5.98. The minimum absolute atomic E-state index is 0.0751. The first-order valence-corrected chi connectivity index (χ1v) is 15.1. The third kappa shape index (κ3) is 6.33. The first-order chi connectivity index (χ1) is 16.4. The van der Waals surface area contributed by atoms with E-state index >= 15 is 0 Å². The van der Waals surface area contributed by atoms with Gasteiger partial charge in [-0.15, -0.1) is 0 Å². The van der Waals surface area contributed by atoms with E-state index in [4.69, 9.17) is 23.5 Å². The number of benzene rings is 1. The van der Waals surface area contributed by atoms with Gasteiger partial charge in [-0.3, -0.25) is 9.63 Å². The lowest BCUT2D eigenvalue weighted by atomic mass is 9.74. The number of ether oxygens (including phenoxy) is 3. The van der Waals surface area contributed by atoms with E-state index < -0.39 is 31.9 Å². The third-order valence-electron chi connectivity index (χ3n) is 7.47. The van der Waals surface area contributed by atoms with Crippen molar-refractivity contribution in [2.45, 2.75) is 82.3 Å². The van der Waals surface area contributed by atoms with Crippen molar-refractivity contribution in [1.82, 2.24) is 5.48 Å². The molecule has 0 spiro atoms. The zero-order valence-electron chi connectivity index (χ0n) is 21.8. The molecule has 0 bridgehead atoms. The van der Waals surface area contributed by atoms with Crippen molar-refractivity contribution in [3.63, 3.8) is 0 Å². The SMILES string of the molecule is C=CCOC(=O)[C@H](CNOCc1ccc(OC)cc1)[C@]1(O[Si](C)(C)C(C)(C)C)CC[C@H](O)[C@@H]2O[C@@H]21. The van der Waals surface area contributed by atoms with Gasteiger partial charge >= 0.3 is 5.97 Å². The fraction of sp³-hybridized carbons (Fsp3) is 0.654. The lowest BCUT2D eigenvalue weighted by Gasteiger charge is -2.49. The Labute approximate surface area is 210 Å². The van der Waals surface area contributed by atoms with Gasteiger partial charge in [0.25, 0.3) is 0 Å². The Balaban J connectivity index is 1.80. The lowest BCUT2D eigenvalue weighted by Crippen LogP contribution is -2.62. The Morgan fingerprint density at radius 1 is 1.34 bits per heavy atom. The number of carbonyl (C=O) groups excluding carboxylic acids is 1. The maximum absolute atomic E-state index is 13.4. The molecule has 2 N–H and O–H groups in total. The number of nitrogens with one attached hydrogen (secondary N) is 1. The summed E-state index contributed by atoms with van der Waals surface area (Å²) in [7, 11) is -0.697. The van der Waals surface area contributed by atoms with Gasteiger partial charge in [0, 0.05) is 6.54 Å². The smallest absolute Gasteiger partial charge is 0.313 e. The number of hydrogen-bond donors (Lipinski definition) is 2. The van der Waals surface area contributed by atoms with Gasteiger partial charge in [0.2, 0.25) is 0 Å². The van der Waals surface area contributed by atoms with Crippen LogP contribution in [-0.4, -0.2) is 63.6 Å². The highest BCUT2D eigenvalue weighted by Crippen LogP contribution is 2.53. The standard InChI is InChI=1S/C26H41NO7Si/c1-8-15-31-24(29)20(16-27-32-17-18-9-11-19(30-5)12-10-18)26(34-35(6,7)25(2,3)4)14-13-21(28)22-23(26)33-22/h8-12,20-23,27-28H,1,13-17H2,2-7H3/t20-,21-,22-,23-,26+/m0/s1. The molecule has 1 aliphatic carbocycles. The molecule has 5 atom stereocenters. The minimum atomic E-state index is -2.32. The van der Waals surface area contributed by atoms with Crippen molar-refractivity contribution in [3.8, 4) is 5.75 Å². The van der Waals surface area contributed by atoms with Crippen LogP contribution in [0.15, 0.2) is 36.9 Å². The normalized spacial score (nSPS) is 27.0. The molecule has 1 aliphatic heterocycles. The first kappa shape index (κ1) is 27.8. The average Bonchev–Trinajstić information content (AvgIpc) is 3.62. The molecular formula is C26H41NO7Si. The van der Waals surface area contributed by atoms with Crippen molar-refractivity contribution in [1.29, 1.82) is 0 Å². The molecule has 196 valence electrons. The molecule has 1 saturated heterocycles. The first-order valence-electron chi connectivity index (χ1n) is 12.2. The van der Waals surface area contributed by atoms with Crippen LogP contribution in [0.4, 0.5) is 0 Å². The number of rotatable bonds is 12. The van der Waals surface area contributed by atoms with E-state index in [0.717, 1.165) is 11.3 Å². The average molecular weight is 508 g/mol. The molecule has 1 heterocycles. The molecule has 0 aromatic heterocycles. The number of carbonyl (C=O) groups is 1. The summed E-state index contributed by atoms with van der Waals surface area (Å²) >= 11 is 0. The maximum Gasteiger partial charge on any atom is 0.313 e. The maximum atomic E-state index is 13.4. The molecule has 9 heteroatoms. The molecule has 8 nitrogen and oxygen atoms in total. The number of hydroxylamine groups is 1. The topological polar surface area (TPSA) is 98.8 Å². The zero-order valence-corrected chi connectivity index (χ0v) is 22.8. The highest BCUT2D eigenvalue weighted by Gasteiger charge is 2.67. The number of fused-ring (bicyclic) bond motifs is 1. The largest absolute Gasteiger partial charge is 0.497 e. The molecule has 0 radical (unpaired) electrons. The molecule has 1 saturated carbocycles. The van der Waals surface area contributed by atoms with Gasteiger partial charge < -0.3 is 23.7 Å². The number of aliphatic hydroxyl groups excluding tert-OH is 1. The van der Waals surface area contributed by atoms with Crippen LogP contribution in [0, 0.1) is 5.92 Å². The van der Waals surface area contributed by atoms with E-state index in [1.807, 2.05) is 24.3 Å². The molecule has 35 heavy (non-hydrogen) atoms. The van der Waals surface area contributed by atoms with Crippen molar-refractivity contribution in [3.05, 3.63) is 42.5 Å². The van der Waals surface area contributed by atoms with Crippen molar-refractivity contribution in [2.24, 2.45) is 5.92 Å². The highest BCUT2D eigenvalue weighted by atomic mass is 28.4. The summed E-state index contributed by atoms with van der Waals surface area (Å²) in [6, 6.07) is 7.58. The molecule has 1 aromatic carbocycles. The third-order valence-corrected chi connectivity index (χ3v) is 12.0. The van der Waals surface area contributed by atoms with E-state index in [0.29, 0.717) is 19.4 Å². The summed E-state index contributed by atoms with van der Waals surface area (Å²) in [5.74, 6) is -0.306. The summed E-state index contributed by atoms with van der Waals surface area (Å²) in [5.41, 5.74) is 3.02. The van der Waals surface area contributed by atoms with Crippen molar-refractivity contribution >= 4 is 14.3 Å². The van der Waals surface area contributed by atoms with Gasteiger partial charge in [-0.25, -0.2) is 5.48 Å². The highest BCUT2D eigenvalue weighted by molar-refractivity contribution is 6.74. The Morgan fingerprint density at radius 2 is 2.03 bits per heavy atom. The van der Waals surface area contributed by atoms with Crippen LogP contribution in [0.2, 0.25) is 18.1 Å². The molecule has 2 aliphatic rings. The summed E-state index contributed by atoms with van der Waals surface area (Å²) in [6.07, 6.45) is 1.28. The van der Waals surface area contributed by atoms with E-state index in [-0.39, 0.29) is 30.4 Å². The van der Waals surface area contributed by atoms with Crippen molar-refractivity contribution in [2.75, 3.05) is 20.3 Å². The second kappa shape index (κ2) is 11.1. The molecule has 2 fully saturated rings. The Hall–Kier alpha value is -1.75. The molecular weight excluding hydrogens is 466 g/mol. The number of methoxy groups -OCH3 is 1. The van der Waals surface area contributed by atoms with Crippen molar-refractivity contribution < 1.29 is 33.4 Å². The van der Waals surface area contributed by atoms with Crippen LogP contribution in [0.5, 0.6) is 5.75 Å². The predicted molar refractivity (Wildman–Crippen MR) is 135 cm³/mol. The number of esters is 1.